The molecule has 0 saturated heterocycles. The van der Waals surface area contributed by atoms with Crippen molar-refractivity contribution in [3.8, 4) is 5.75 Å². The highest BCUT2D eigenvalue weighted by molar-refractivity contribution is 5.94. The number of aliphatic carboxylic acids is 1. The normalized spacial score (nSPS) is 11.5. The van der Waals surface area contributed by atoms with E-state index in [1.165, 1.54) is 6.92 Å². The Morgan fingerprint density at radius 3 is 2.64 bits per heavy atom. The Hall–Kier alpha value is -2.37. The maximum absolute atomic E-state index is 11.6. The van der Waals surface area contributed by atoms with Gasteiger partial charge in [0, 0.05) is 12.0 Å². The summed E-state index contributed by atoms with van der Waals surface area (Å²) >= 11 is 0. The second kappa shape index (κ2) is 8.81. The Morgan fingerprint density at radius 1 is 1.32 bits per heavy atom. The number of carbonyl (C=O) groups excluding carboxylic acids is 2. The summed E-state index contributed by atoms with van der Waals surface area (Å²) in [6.45, 7) is 3.50. The topological polar surface area (TPSA) is 92.7 Å². The molecule has 22 heavy (non-hydrogen) atoms. The minimum atomic E-state index is -1.03. The number of ether oxygens (including phenoxy) is 1. The molecule has 1 atom stereocenters. The van der Waals surface area contributed by atoms with Gasteiger partial charge < -0.3 is 15.2 Å². The van der Waals surface area contributed by atoms with Crippen molar-refractivity contribution in [2.24, 2.45) is 0 Å². The Morgan fingerprint density at radius 2 is 2.05 bits per heavy atom. The average Bonchev–Trinajstić information content (AvgIpc) is 2.49. The van der Waals surface area contributed by atoms with Crippen molar-refractivity contribution in [3.63, 3.8) is 0 Å². The number of carboxylic acid groups (broad SMARTS) is 1. The Kier molecular flexibility index (Phi) is 7.08. The zero-order valence-corrected chi connectivity index (χ0v) is 12.8. The molecule has 6 heteroatoms. The van der Waals surface area contributed by atoms with Crippen LogP contribution in [0.2, 0.25) is 0 Å². The number of carboxylic acids is 1. The van der Waals surface area contributed by atoms with Crippen LogP contribution in [0.15, 0.2) is 24.3 Å². The summed E-state index contributed by atoms with van der Waals surface area (Å²) in [6.07, 6.45) is 0.998. The van der Waals surface area contributed by atoms with E-state index in [-0.39, 0.29) is 18.1 Å². The van der Waals surface area contributed by atoms with Crippen LogP contribution in [-0.2, 0) is 9.59 Å². The van der Waals surface area contributed by atoms with Crippen LogP contribution in [0.5, 0.6) is 5.75 Å². The van der Waals surface area contributed by atoms with Crippen LogP contribution in [0.4, 0.5) is 0 Å². The number of Topliss-reactive ketones (excluding diaryl/α,β-unsaturated/α-hetero) is 1. The van der Waals surface area contributed by atoms with Crippen LogP contribution >= 0.6 is 0 Å². The first-order valence-corrected chi connectivity index (χ1v) is 7.20. The number of amides is 1. The Labute approximate surface area is 129 Å². The highest BCUT2D eigenvalue weighted by atomic mass is 16.5. The third-order valence-corrected chi connectivity index (χ3v) is 3.10. The average molecular weight is 307 g/mol. The molecule has 1 aromatic rings. The van der Waals surface area contributed by atoms with Gasteiger partial charge in [0.05, 0.1) is 6.61 Å². The van der Waals surface area contributed by atoms with Crippen LogP contribution in [0.3, 0.4) is 0 Å². The third-order valence-electron chi connectivity index (χ3n) is 3.10. The molecule has 1 rings (SSSR count). The Bertz CT molecular complexity index is 541. The highest BCUT2D eigenvalue weighted by Crippen LogP contribution is 2.14. The molecular weight excluding hydrogens is 286 g/mol. The molecule has 2 N–H and O–H groups in total. The van der Waals surface area contributed by atoms with Gasteiger partial charge in [-0.15, -0.1) is 0 Å². The fourth-order valence-electron chi connectivity index (χ4n) is 1.83. The van der Waals surface area contributed by atoms with E-state index < -0.39 is 12.0 Å². The van der Waals surface area contributed by atoms with Crippen molar-refractivity contribution in [2.45, 2.75) is 39.2 Å². The van der Waals surface area contributed by atoms with Crippen LogP contribution in [0.1, 0.15) is 43.5 Å². The maximum atomic E-state index is 11.6. The molecule has 0 radical (unpaired) electrons. The number of rotatable bonds is 9. The summed E-state index contributed by atoms with van der Waals surface area (Å²) < 4.78 is 5.48. The summed E-state index contributed by atoms with van der Waals surface area (Å²) in [7, 11) is 0. The lowest BCUT2D eigenvalue weighted by atomic mass is 10.1. The predicted molar refractivity (Wildman–Crippen MR) is 81.0 cm³/mol. The van der Waals surface area contributed by atoms with Crippen molar-refractivity contribution >= 4 is 17.7 Å². The second-order valence-corrected chi connectivity index (χ2v) is 4.90. The lowest BCUT2D eigenvalue weighted by Crippen LogP contribution is -2.40. The van der Waals surface area contributed by atoms with Crippen LogP contribution in [0.25, 0.3) is 0 Å². The summed E-state index contributed by atoms with van der Waals surface area (Å²) in [5, 5.41) is 11.3. The van der Waals surface area contributed by atoms with Crippen molar-refractivity contribution < 1.29 is 24.2 Å². The molecule has 0 saturated carbocycles. The smallest absolute Gasteiger partial charge is 0.326 e. The molecule has 0 bridgehead atoms. The third kappa shape index (κ3) is 5.95. The molecule has 0 aliphatic carbocycles. The first-order chi connectivity index (χ1) is 10.4. The molecule has 1 aromatic carbocycles. The molecule has 1 amide bonds. The molecule has 0 aromatic heterocycles. The number of benzene rings is 1. The number of hydrogen-bond acceptors (Lipinski definition) is 4. The van der Waals surface area contributed by atoms with Gasteiger partial charge >= 0.3 is 5.97 Å². The molecule has 1 unspecified atom stereocenters. The molecule has 0 aliphatic rings. The number of nitrogens with one attached hydrogen (secondary N) is 1. The van der Waals surface area contributed by atoms with E-state index in [1.54, 1.807) is 31.2 Å². The van der Waals surface area contributed by atoms with Crippen molar-refractivity contribution in [1.29, 1.82) is 0 Å². The molecule has 6 nitrogen and oxygen atoms in total. The first kappa shape index (κ1) is 17.7. The number of ketones is 1. The van der Waals surface area contributed by atoms with Crippen molar-refractivity contribution in [3.05, 3.63) is 29.8 Å². The van der Waals surface area contributed by atoms with Crippen molar-refractivity contribution in [1.82, 2.24) is 5.32 Å². The molecule has 120 valence electrons. The van der Waals surface area contributed by atoms with Gasteiger partial charge in [0.25, 0.3) is 0 Å². The van der Waals surface area contributed by atoms with Gasteiger partial charge in [-0.05, 0) is 31.9 Å². The van der Waals surface area contributed by atoms with Gasteiger partial charge in [0.2, 0.25) is 5.91 Å². The van der Waals surface area contributed by atoms with Gasteiger partial charge in [0.1, 0.15) is 11.8 Å². The van der Waals surface area contributed by atoms with Crippen LogP contribution < -0.4 is 10.1 Å². The van der Waals surface area contributed by atoms with Crippen LogP contribution in [0, 0.1) is 0 Å². The van der Waals surface area contributed by atoms with E-state index in [1.807, 2.05) is 0 Å². The summed E-state index contributed by atoms with van der Waals surface area (Å²) in [4.78, 5) is 33.6. The zero-order valence-electron chi connectivity index (χ0n) is 12.8. The second-order valence-electron chi connectivity index (χ2n) is 4.90. The number of carbonyl (C=O) groups is 3. The number of hydrogen-bond donors (Lipinski definition) is 2. The summed E-state index contributed by atoms with van der Waals surface area (Å²) in [5.74, 6) is -0.808. The molecule has 0 heterocycles. The quantitative estimate of drug-likeness (QED) is 0.538. The van der Waals surface area contributed by atoms with Gasteiger partial charge in [-0.25, -0.2) is 4.79 Å². The minimum absolute atomic E-state index is 0.0379. The summed E-state index contributed by atoms with van der Waals surface area (Å²) in [5.41, 5.74) is 0.572. The first-order valence-electron chi connectivity index (χ1n) is 7.20. The van der Waals surface area contributed by atoms with E-state index in [0.29, 0.717) is 30.8 Å². The van der Waals surface area contributed by atoms with E-state index in [4.69, 9.17) is 9.84 Å². The Balaban J connectivity index is 2.33. The highest BCUT2D eigenvalue weighted by Gasteiger charge is 2.16. The van der Waals surface area contributed by atoms with Gasteiger partial charge in [0.15, 0.2) is 5.78 Å². The van der Waals surface area contributed by atoms with Gasteiger partial charge in [-0.1, -0.05) is 19.1 Å². The minimum Gasteiger partial charge on any atom is -0.494 e. The van der Waals surface area contributed by atoms with E-state index in [2.05, 4.69) is 5.32 Å². The van der Waals surface area contributed by atoms with Crippen LogP contribution in [-0.4, -0.2) is 35.4 Å². The molecule has 0 spiro atoms. The summed E-state index contributed by atoms with van der Waals surface area (Å²) in [6, 6.07) is 5.99. The maximum Gasteiger partial charge on any atom is 0.326 e. The molecule has 0 aliphatic heterocycles. The fraction of sp³-hybridized carbons (Fsp3) is 0.438. The molecular formula is C16H21NO5. The standard InChI is InChI=1S/C16H21NO5/c1-3-14(16(20)21)17-15(19)8-5-9-22-13-7-4-6-12(10-13)11(2)18/h4,6-7,10,14H,3,5,8-9H2,1-2H3,(H,17,19)(H,20,21). The monoisotopic (exact) mass is 307 g/mol. The lowest BCUT2D eigenvalue weighted by Gasteiger charge is -2.12. The fourth-order valence-corrected chi connectivity index (χ4v) is 1.83. The largest absolute Gasteiger partial charge is 0.494 e. The van der Waals surface area contributed by atoms with E-state index in [9.17, 15) is 14.4 Å². The van der Waals surface area contributed by atoms with Crippen molar-refractivity contribution in [2.75, 3.05) is 6.61 Å². The predicted octanol–water partition coefficient (Wildman–Crippen LogP) is 2.03. The van der Waals surface area contributed by atoms with E-state index in [0.717, 1.165) is 0 Å². The molecule has 0 fully saturated rings. The zero-order chi connectivity index (χ0) is 16.5. The van der Waals surface area contributed by atoms with E-state index >= 15 is 0 Å². The SMILES string of the molecule is CCC(NC(=O)CCCOc1cccc(C(C)=O)c1)C(=O)O. The lowest BCUT2D eigenvalue weighted by molar-refractivity contribution is -0.141. The van der Waals surface area contributed by atoms with Gasteiger partial charge in [-0.3, -0.25) is 9.59 Å². The van der Waals surface area contributed by atoms with Gasteiger partial charge in [-0.2, -0.15) is 0 Å².